The number of aromatic amines is 1. The van der Waals surface area contributed by atoms with Crippen molar-refractivity contribution in [3.63, 3.8) is 0 Å². The van der Waals surface area contributed by atoms with Crippen LogP contribution in [0.4, 0.5) is 18.9 Å². The molecule has 0 aliphatic carbocycles. The van der Waals surface area contributed by atoms with Crippen molar-refractivity contribution in [3.8, 4) is 0 Å². The Kier molecular flexibility index (Phi) is 6.02. The summed E-state index contributed by atoms with van der Waals surface area (Å²) in [6.07, 6.45) is 0. The summed E-state index contributed by atoms with van der Waals surface area (Å²) in [5.41, 5.74) is -0.517. The number of nitrogens with one attached hydrogen (secondary N) is 3. The zero-order valence-electron chi connectivity index (χ0n) is 13.2. The van der Waals surface area contributed by atoms with Gasteiger partial charge >= 0.3 is 0 Å². The van der Waals surface area contributed by atoms with Gasteiger partial charge in [0.2, 0.25) is 17.0 Å². The normalized spacial score (nSPS) is 11.9. The number of hydrogen-bond acceptors (Lipinski definition) is 5. The fourth-order valence-corrected chi connectivity index (χ4v) is 2.51. The Morgan fingerprint density at radius 2 is 2.00 bits per heavy atom. The molecule has 7 nitrogen and oxygen atoms in total. The van der Waals surface area contributed by atoms with Gasteiger partial charge in [-0.2, -0.15) is 0 Å². The highest BCUT2D eigenvalue weighted by molar-refractivity contribution is 8.00. The number of H-pyrrole nitrogens is 1. The molecule has 1 heterocycles. The van der Waals surface area contributed by atoms with E-state index in [0.717, 1.165) is 17.8 Å². The molecule has 0 aliphatic heterocycles. The molecule has 0 bridgehead atoms. The zero-order valence-corrected chi connectivity index (χ0v) is 14.0. The summed E-state index contributed by atoms with van der Waals surface area (Å²) in [7, 11) is 0. The molecular formula is C14H14F3N5O2S. The Morgan fingerprint density at radius 3 is 2.64 bits per heavy atom. The summed E-state index contributed by atoms with van der Waals surface area (Å²) in [5.74, 6) is -5.21. The minimum absolute atomic E-state index is 0.383. The smallest absolute Gasteiger partial charge is 0.243 e. The number of aromatic nitrogens is 3. The van der Waals surface area contributed by atoms with Gasteiger partial charge < -0.3 is 10.6 Å². The number of carbonyl (C=O) groups is 2. The van der Waals surface area contributed by atoms with Crippen molar-refractivity contribution >= 4 is 29.3 Å². The number of rotatable bonds is 6. The molecule has 1 atom stereocenters. The Balaban J connectivity index is 1.85. The molecule has 3 N–H and O–H groups in total. The second kappa shape index (κ2) is 8.01. The van der Waals surface area contributed by atoms with E-state index in [1.807, 2.05) is 0 Å². The Morgan fingerprint density at radius 1 is 1.28 bits per heavy atom. The molecule has 1 unspecified atom stereocenters. The summed E-state index contributed by atoms with van der Waals surface area (Å²) in [5, 5.41) is 10.7. The number of nitrogens with zero attached hydrogens (tertiary/aromatic N) is 2. The Hall–Kier alpha value is -2.56. The monoisotopic (exact) mass is 373 g/mol. The van der Waals surface area contributed by atoms with Gasteiger partial charge in [0.1, 0.15) is 5.82 Å². The van der Waals surface area contributed by atoms with Crippen molar-refractivity contribution in [1.29, 1.82) is 0 Å². The van der Waals surface area contributed by atoms with Crippen LogP contribution in [0.3, 0.4) is 0 Å². The summed E-state index contributed by atoms with van der Waals surface area (Å²) in [4.78, 5) is 27.7. The van der Waals surface area contributed by atoms with Crippen molar-refractivity contribution in [3.05, 3.63) is 35.4 Å². The van der Waals surface area contributed by atoms with Gasteiger partial charge in [-0.3, -0.25) is 14.7 Å². The molecule has 0 radical (unpaired) electrons. The minimum Gasteiger partial charge on any atom is -0.346 e. The summed E-state index contributed by atoms with van der Waals surface area (Å²) in [6, 6.07) is 1.57. The van der Waals surface area contributed by atoms with Crippen molar-refractivity contribution < 1.29 is 22.8 Å². The van der Waals surface area contributed by atoms with Gasteiger partial charge in [0.05, 0.1) is 17.5 Å². The molecule has 1 aromatic carbocycles. The maximum atomic E-state index is 13.5. The lowest BCUT2D eigenvalue weighted by Crippen LogP contribution is -2.37. The van der Waals surface area contributed by atoms with E-state index in [-0.39, 0.29) is 0 Å². The zero-order chi connectivity index (χ0) is 18.6. The van der Waals surface area contributed by atoms with E-state index in [0.29, 0.717) is 17.0 Å². The van der Waals surface area contributed by atoms with Crippen molar-refractivity contribution in [1.82, 2.24) is 20.5 Å². The number of anilines is 1. The van der Waals surface area contributed by atoms with Gasteiger partial charge in [-0.1, -0.05) is 11.8 Å². The molecule has 0 aliphatic rings. The molecule has 11 heteroatoms. The number of amides is 2. The maximum Gasteiger partial charge on any atom is 0.243 e. The first-order chi connectivity index (χ1) is 11.8. The molecule has 134 valence electrons. The average molecular weight is 373 g/mol. The number of thioether (sulfide) groups is 1. The third-order valence-corrected chi connectivity index (χ3v) is 3.92. The molecule has 0 fully saturated rings. The Bertz CT molecular complexity index is 799. The predicted octanol–water partition coefficient (Wildman–Crippen LogP) is 1.77. The van der Waals surface area contributed by atoms with Gasteiger partial charge in [0.25, 0.3) is 0 Å². The standard InChI is InChI=1S/C14H14F3N5O2S/c1-6(25-14-19-7(2)21-22-14)13(24)18-5-10(23)20-9-4-3-8(15)11(16)12(9)17/h3-4,6H,5H2,1-2H3,(H,18,24)(H,20,23)(H,19,21,22). The summed E-state index contributed by atoms with van der Waals surface area (Å²) >= 11 is 1.09. The molecule has 0 saturated heterocycles. The van der Waals surface area contributed by atoms with Gasteiger partial charge in [0, 0.05) is 0 Å². The summed E-state index contributed by atoms with van der Waals surface area (Å²) in [6.45, 7) is 2.84. The number of aryl methyl sites for hydroxylation is 1. The second-order valence-electron chi connectivity index (χ2n) is 4.95. The van der Waals surface area contributed by atoms with Crippen molar-refractivity contribution in [2.45, 2.75) is 24.3 Å². The number of halogens is 3. The van der Waals surface area contributed by atoms with Gasteiger partial charge in [-0.15, -0.1) is 5.10 Å². The first kappa shape index (κ1) is 18.8. The van der Waals surface area contributed by atoms with E-state index < -0.39 is 46.7 Å². The van der Waals surface area contributed by atoms with E-state index in [1.165, 1.54) is 0 Å². The first-order valence-electron chi connectivity index (χ1n) is 7.04. The van der Waals surface area contributed by atoms with Crippen LogP contribution in [0.15, 0.2) is 17.3 Å². The second-order valence-corrected chi connectivity index (χ2v) is 6.26. The molecule has 25 heavy (non-hydrogen) atoms. The van der Waals surface area contributed by atoms with Crippen LogP contribution in [0, 0.1) is 24.4 Å². The Labute approximate surface area is 144 Å². The molecule has 0 saturated carbocycles. The van der Waals surface area contributed by atoms with Crippen molar-refractivity contribution in [2.24, 2.45) is 0 Å². The minimum atomic E-state index is -1.69. The lowest BCUT2D eigenvalue weighted by molar-refractivity contribution is -0.123. The van der Waals surface area contributed by atoms with Gasteiger partial charge in [-0.25, -0.2) is 18.2 Å². The third kappa shape index (κ3) is 4.95. The molecular weight excluding hydrogens is 359 g/mol. The lowest BCUT2D eigenvalue weighted by Gasteiger charge is -2.11. The van der Waals surface area contributed by atoms with Crippen LogP contribution in [-0.2, 0) is 9.59 Å². The highest BCUT2D eigenvalue weighted by Crippen LogP contribution is 2.20. The van der Waals surface area contributed by atoms with E-state index in [2.05, 4.69) is 25.8 Å². The third-order valence-electron chi connectivity index (χ3n) is 2.96. The van der Waals surface area contributed by atoms with E-state index in [4.69, 9.17) is 0 Å². The van der Waals surface area contributed by atoms with Crippen LogP contribution >= 0.6 is 11.8 Å². The fraction of sp³-hybridized carbons (Fsp3) is 0.286. The molecule has 0 spiro atoms. The fourth-order valence-electron chi connectivity index (χ4n) is 1.71. The van der Waals surface area contributed by atoms with Crippen LogP contribution < -0.4 is 10.6 Å². The predicted molar refractivity (Wildman–Crippen MR) is 84.4 cm³/mol. The lowest BCUT2D eigenvalue weighted by atomic mass is 10.2. The maximum absolute atomic E-state index is 13.5. The quantitative estimate of drug-likeness (QED) is 0.529. The van der Waals surface area contributed by atoms with E-state index in [9.17, 15) is 22.8 Å². The largest absolute Gasteiger partial charge is 0.346 e. The van der Waals surface area contributed by atoms with Gasteiger partial charge in [0.15, 0.2) is 17.5 Å². The first-order valence-corrected chi connectivity index (χ1v) is 7.92. The summed E-state index contributed by atoms with van der Waals surface area (Å²) < 4.78 is 39.4. The molecule has 2 aromatic rings. The van der Waals surface area contributed by atoms with Crippen LogP contribution in [-0.4, -0.2) is 38.8 Å². The highest BCUT2D eigenvalue weighted by atomic mass is 32.2. The topological polar surface area (TPSA) is 99.8 Å². The van der Waals surface area contributed by atoms with E-state index >= 15 is 0 Å². The van der Waals surface area contributed by atoms with Crippen LogP contribution in [0.25, 0.3) is 0 Å². The number of carbonyl (C=O) groups excluding carboxylic acids is 2. The van der Waals surface area contributed by atoms with Crippen LogP contribution in [0.2, 0.25) is 0 Å². The number of hydrogen-bond donors (Lipinski definition) is 3. The molecule has 2 rings (SSSR count). The SMILES string of the molecule is Cc1nc(SC(C)C(=O)NCC(=O)Nc2ccc(F)c(F)c2F)n[nH]1. The average Bonchev–Trinajstić information content (AvgIpc) is 2.98. The van der Waals surface area contributed by atoms with Crippen LogP contribution in [0.1, 0.15) is 12.7 Å². The molecule has 1 aromatic heterocycles. The number of benzene rings is 1. The highest BCUT2D eigenvalue weighted by Gasteiger charge is 2.19. The molecule has 2 amide bonds. The van der Waals surface area contributed by atoms with Gasteiger partial charge in [-0.05, 0) is 26.0 Å². The van der Waals surface area contributed by atoms with E-state index in [1.54, 1.807) is 13.8 Å². The van der Waals surface area contributed by atoms with Crippen molar-refractivity contribution in [2.75, 3.05) is 11.9 Å². The van der Waals surface area contributed by atoms with Crippen LogP contribution in [0.5, 0.6) is 0 Å².